The molecule has 3 rings (SSSR count). The number of nitrogens with zero attached hydrogens (tertiary/aromatic N) is 2. The number of ether oxygens (including phenoxy) is 1. The van der Waals surface area contributed by atoms with E-state index in [0.29, 0.717) is 24.3 Å². The van der Waals surface area contributed by atoms with Crippen molar-refractivity contribution in [1.82, 2.24) is 9.91 Å². The van der Waals surface area contributed by atoms with Gasteiger partial charge in [-0.3, -0.25) is 19.4 Å². The van der Waals surface area contributed by atoms with E-state index in [0.717, 1.165) is 27.8 Å². The van der Waals surface area contributed by atoms with Gasteiger partial charge in [-0.2, -0.15) is 0 Å². The van der Waals surface area contributed by atoms with Crippen LogP contribution in [0.2, 0.25) is 36.3 Å². The molecule has 0 radical (unpaired) electrons. The molecule has 0 bridgehead atoms. The van der Waals surface area contributed by atoms with Gasteiger partial charge in [0.2, 0.25) is 0 Å². The normalized spacial score (nSPS) is 12.3. The molecule has 342 valence electrons. The molecule has 13 heteroatoms. The molecule has 0 saturated carbocycles. The molecule has 3 aromatic carbocycles. The summed E-state index contributed by atoms with van der Waals surface area (Å²) in [6, 6.07) is 21.1. The highest BCUT2D eigenvalue weighted by Gasteiger charge is 2.42. The number of hydrazine groups is 1. The molecule has 0 fully saturated rings. The summed E-state index contributed by atoms with van der Waals surface area (Å²) in [5.74, 6) is 5.37. The first-order valence-corrected chi connectivity index (χ1v) is 27.8. The quantitative estimate of drug-likeness (QED) is 0.0428. The maximum atomic E-state index is 13.7. The second-order valence-electron chi connectivity index (χ2n) is 20.3. The molecule has 9 nitrogen and oxygen atoms in total. The van der Waals surface area contributed by atoms with E-state index in [4.69, 9.17) is 42.6 Å². The first kappa shape index (κ1) is 56.0. The molecule has 0 atom stereocenters. The van der Waals surface area contributed by atoms with Crippen LogP contribution in [0.15, 0.2) is 66.7 Å². The monoisotopic (exact) mass is 917 g/mol. The molecule has 0 spiro atoms. The Morgan fingerprint density at radius 1 is 0.607 bits per heavy atom. The molecule has 3 aromatic rings. The Labute approximate surface area is 381 Å². The van der Waals surface area contributed by atoms with Gasteiger partial charge in [0, 0.05) is 11.1 Å². The van der Waals surface area contributed by atoms with Crippen molar-refractivity contribution >= 4 is 57.6 Å². The first-order chi connectivity index (χ1) is 27.7. The van der Waals surface area contributed by atoms with E-state index in [1.165, 1.54) is 5.01 Å². The Hall–Kier alpha value is -3.04. The Morgan fingerprint density at radius 2 is 0.967 bits per heavy atom. The number of esters is 1. The van der Waals surface area contributed by atoms with Gasteiger partial charge in [-0.1, -0.05) is 106 Å². The highest BCUT2D eigenvalue weighted by Crippen LogP contribution is 2.38. The van der Waals surface area contributed by atoms with Gasteiger partial charge in [-0.05, 0) is 121 Å². The van der Waals surface area contributed by atoms with Crippen LogP contribution in [0, 0.1) is 27.7 Å². The van der Waals surface area contributed by atoms with Crippen molar-refractivity contribution in [3.63, 3.8) is 0 Å². The zero-order chi connectivity index (χ0) is 47.4. The molecule has 0 heterocycles. The minimum Gasteiger partial charge on any atom is -0.459 e. The lowest BCUT2D eigenvalue weighted by molar-refractivity contribution is -0.147. The number of halogens is 2. The summed E-state index contributed by atoms with van der Waals surface area (Å²) >= 11 is 9.53. The van der Waals surface area contributed by atoms with E-state index in [-0.39, 0.29) is 40.4 Å². The van der Waals surface area contributed by atoms with Crippen LogP contribution >= 0.6 is 23.2 Å². The van der Waals surface area contributed by atoms with Gasteiger partial charge >= 0.3 is 5.97 Å². The number of aryl methyl sites for hydroxylation is 4. The molecule has 2 N–H and O–H groups in total. The van der Waals surface area contributed by atoms with Gasteiger partial charge in [-0.15, -0.1) is 23.2 Å². The Bertz CT molecular complexity index is 1850. The number of carbonyl (C=O) groups excluding carboxylic acids is 3. The highest BCUT2D eigenvalue weighted by atomic mass is 35.5. The fourth-order valence-electron chi connectivity index (χ4n) is 5.53. The predicted molar refractivity (Wildman–Crippen MR) is 260 cm³/mol. The van der Waals surface area contributed by atoms with Crippen LogP contribution in [0.4, 0.5) is 0 Å². The number of rotatable bonds is 14. The third kappa shape index (κ3) is 17.9. The number of hydrogen-bond donors (Lipinski definition) is 1. The van der Waals surface area contributed by atoms with Gasteiger partial charge in [0.25, 0.3) is 11.8 Å². The smallest absolute Gasteiger partial charge is 0.326 e. The zero-order valence-electron chi connectivity index (χ0n) is 40.6. The molecule has 0 saturated heterocycles. The Morgan fingerprint density at radius 3 is 1.34 bits per heavy atom. The second-order valence-corrected chi connectivity index (χ2v) is 30.7. The van der Waals surface area contributed by atoms with Crippen molar-refractivity contribution in [2.45, 2.75) is 151 Å². The lowest BCUT2D eigenvalue weighted by Gasteiger charge is -2.43. The minimum atomic E-state index is -2.05. The van der Waals surface area contributed by atoms with E-state index in [1.54, 1.807) is 4.90 Å². The summed E-state index contributed by atoms with van der Waals surface area (Å²) in [6.07, 6.45) is 0. The molecular formula is C48H77Cl2N3O6Si2. The molecule has 0 aliphatic heterocycles. The summed E-state index contributed by atoms with van der Waals surface area (Å²) in [7, 11) is -3.93. The van der Waals surface area contributed by atoms with Gasteiger partial charge in [0.05, 0.1) is 29.6 Å². The highest BCUT2D eigenvalue weighted by molar-refractivity contribution is 6.74. The standard InChI is InChI=1S/C28H41NO4Si.C19H34N2O2Si.CH2Cl2/c1-21-15-22(2)17-24(16-21)26(31)29(18-25(30)32-19-23-13-11-10-12-14-23)28(6,7)20-33-34(8,9)27(3,4)5;1-14-10-15(2)12-16(11-14)17(22)21(20)19(6,7)13-23-24(8,9)18(3,4)5;2-1-3/h10-17H,18-20H2,1-9H3;10-12H,13,20H2,1-9H3;1H2. The average molecular weight is 919 g/mol. The first-order valence-electron chi connectivity index (χ1n) is 20.9. The van der Waals surface area contributed by atoms with Gasteiger partial charge in [0.15, 0.2) is 16.6 Å². The van der Waals surface area contributed by atoms with Gasteiger partial charge in [0.1, 0.15) is 13.2 Å². The van der Waals surface area contributed by atoms with Gasteiger partial charge < -0.3 is 18.5 Å². The molecule has 0 aromatic heterocycles. The van der Waals surface area contributed by atoms with Crippen molar-refractivity contribution in [2.24, 2.45) is 5.84 Å². The summed E-state index contributed by atoms with van der Waals surface area (Å²) in [5.41, 5.74) is 4.92. The predicted octanol–water partition coefficient (Wildman–Crippen LogP) is 12.1. The van der Waals surface area contributed by atoms with E-state index in [9.17, 15) is 14.4 Å². The van der Waals surface area contributed by atoms with Crippen LogP contribution in [0.1, 0.15) is 118 Å². The van der Waals surface area contributed by atoms with Crippen LogP contribution < -0.4 is 5.84 Å². The van der Waals surface area contributed by atoms with Crippen LogP contribution in [-0.4, -0.2) is 80.5 Å². The number of carbonyl (C=O) groups is 3. The third-order valence-electron chi connectivity index (χ3n) is 11.5. The minimum absolute atomic E-state index is 0.0419. The number of nitrogens with two attached hydrogens (primary N) is 1. The Balaban J connectivity index is 0.000000604. The SMILES string of the molecule is Cc1cc(C)cc(C(=O)N(CC(=O)OCc2ccccc2)C(C)(C)CO[Si](C)(C)C(C)(C)C)c1.Cc1cc(C)cc(C(=O)N(N)C(C)(C)CO[Si](C)(C)C(C)(C)C)c1.ClCCl. The van der Waals surface area contributed by atoms with Crippen LogP contribution in [-0.2, 0) is 25.0 Å². The zero-order valence-corrected chi connectivity index (χ0v) is 44.1. The number of benzene rings is 3. The van der Waals surface area contributed by atoms with Crippen LogP contribution in [0.5, 0.6) is 0 Å². The van der Waals surface area contributed by atoms with E-state index in [2.05, 4.69) is 67.7 Å². The molecular weight excluding hydrogens is 842 g/mol. The van der Waals surface area contributed by atoms with Crippen molar-refractivity contribution in [3.8, 4) is 0 Å². The average Bonchev–Trinajstić information content (AvgIpc) is 3.13. The topological polar surface area (TPSA) is 111 Å². The van der Waals surface area contributed by atoms with Gasteiger partial charge in [-0.25, -0.2) is 5.84 Å². The fraction of sp³-hybridized carbons (Fsp3) is 0.562. The summed E-state index contributed by atoms with van der Waals surface area (Å²) in [4.78, 5) is 40.9. The largest absolute Gasteiger partial charge is 0.459 e. The van der Waals surface area contributed by atoms with E-state index >= 15 is 0 Å². The summed E-state index contributed by atoms with van der Waals surface area (Å²) < 4.78 is 18.3. The van der Waals surface area contributed by atoms with E-state index in [1.807, 2.05) is 122 Å². The fourth-order valence-corrected chi connectivity index (χ4v) is 7.83. The Kier molecular flexibility index (Phi) is 21.2. The number of amides is 2. The van der Waals surface area contributed by atoms with Crippen LogP contribution in [0.25, 0.3) is 0 Å². The van der Waals surface area contributed by atoms with E-state index < -0.39 is 33.7 Å². The molecule has 0 aliphatic rings. The summed E-state index contributed by atoms with van der Waals surface area (Å²) in [6.45, 7) is 38.4. The molecule has 0 aliphatic carbocycles. The maximum absolute atomic E-state index is 13.7. The van der Waals surface area contributed by atoms with Crippen molar-refractivity contribution in [3.05, 3.63) is 106 Å². The number of alkyl halides is 2. The lowest BCUT2D eigenvalue weighted by Crippen LogP contribution is -2.57. The lowest BCUT2D eigenvalue weighted by atomic mass is 10.0. The van der Waals surface area contributed by atoms with Crippen LogP contribution in [0.3, 0.4) is 0 Å². The van der Waals surface area contributed by atoms with Crippen molar-refractivity contribution < 1.29 is 28.0 Å². The van der Waals surface area contributed by atoms with Crippen molar-refractivity contribution in [1.29, 1.82) is 0 Å². The number of hydrogen-bond acceptors (Lipinski definition) is 7. The second kappa shape index (κ2) is 23.1. The molecule has 2 amide bonds. The summed E-state index contributed by atoms with van der Waals surface area (Å²) in [5, 5.41) is 1.68. The molecule has 61 heavy (non-hydrogen) atoms. The maximum Gasteiger partial charge on any atom is 0.326 e. The third-order valence-corrected chi connectivity index (χ3v) is 20.5. The molecule has 0 unspecified atom stereocenters. The van der Waals surface area contributed by atoms with Crippen molar-refractivity contribution in [2.75, 3.05) is 25.1 Å².